The molecular weight excluding hydrogens is 312 g/mol. The molecule has 2 aromatic rings. The first-order chi connectivity index (χ1) is 12.0. The molecule has 1 aliphatic heterocycles. The summed E-state index contributed by atoms with van der Waals surface area (Å²) in [6.45, 7) is 6.16. The number of fused-ring (bicyclic) bond motifs is 1. The van der Waals surface area contributed by atoms with Gasteiger partial charge in [0.2, 0.25) is 11.8 Å². The number of rotatable bonds is 3. The number of hydrogen-bond donors (Lipinski definition) is 1. The Balaban J connectivity index is 1.90. The second-order valence-corrected chi connectivity index (χ2v) is 6.84. The maximum absolute atomic E-state index is 11.9. The summed E-state index contributed by atoms with van der Waals surface area (Å²) in [6, 6.07) is 14.1. The third-order valence-corrected chi connectivity index (χ3v) is 4.57. The maximum atomic E-state index is 11.9. The van der Waals surface area contributed by atoms with E-state index in [4.69, 9.17) is 0 Å². The van der Waals surface area contributed by atoms with Gasteiger partial charge in [-0.15, -0.1) is 0 Å². The minimum absolute atomic E-state index is 0.0136. The first-order valence-corrected chi connectivity index (χ1v) is 8.78. The number of nitrogens with zero attached hydrogens (tertiary/aromatic N) is 1. The number of hydrogen-bond acceptors (Lipinski definition) is 2. The van der Waals surface area contributed by atoms with Crippen LogP contribution in [0.3, 0.4) is 0 Å². The fourth-order valence-corrected chi connectivity index (χ4v) is 3.17. The van der Waals surface area contributed by atoms with Gasteiger partial charge < -0.3 is 10.2 Å². The Hall–Kier alpha value is -2.62. The predicted octanol–water partition coefficient (Wildman–Crippen LogP) is 4.25. The Morgan fingerprint density at radius 2 is 1.84 bits per heavy atom. The van der Waals surface area contributed by atoms with Gasteiger partial charge >= 0.3 is 0 Å². The number of aryl methyl sites for hydroxylation is 1. The highest BCUT2D eigenvalue weighted by molar-refractivity contribution is 5.94. The Morgan fingerprint density at radius 3 is 2.56 bits per heavy atom. The molecule has 1 heterocycles. The van der Waals surface area contributed by atoms with Crippen molar-refractivity contribution in [3.63, 3.8) is 0 Å². The summed E-state index contributed by atoms with van der Waals surface area (Å²) in [4.78, 5) is 25.6. The Morgan fingerprint density at radius 1 is 1.08 bits per heavy atom. The minimum Gasteiger partial charge on any atom is -0.326 e. The number of anilines is 2. The van der Waals surface area contributed by atoms with Gasteiger partial charge in [-0.1, -0.05) is 32.0 Å². The smallest absolute Gasteiger partial charge is 0.226 e. The molecule has 2 amide bonds. The zero-order chi connectivity index (χ0) is 18.0. The first kappa shape index (κ1) is 17.2. The highest BCUT2D eigenvalue weighted by atomic mass is 16.2. The fraction of sp³-hybridized carbons (Fsp3) is 0.333. The van der Waals surface area contributed by atoms with Gasteiger partial charge in [0.1, 0.15) is 0 Å². The summed E-state index contributed by atoms with van der Waals surface area (Å²) in [6.07, 6.45) is 1.97. The quantitative estimate of drug-likeness (QED) is 0.911. The molecule has 1 N–H and O–H groups in total. The summed E-state index contributed by atoms with van der Waals surface area (Å²) in [5.74, 6) is 0.0525. The van der Waals surface area contributed by atoms with Crippen LogP contribution in [0.4, 0.5) is 11.4 Å². The summed E-state index contributed by atoms with van der Waals surface area (Å²) >= 11 is 0. The van der Waals surface area contributed by atoms with Crippen molar-refractivity contribution >= 4 is 23.2 Å². The summed E-state index contributed by atoms with van der Waals surface area (Å²) in [7, 11) is 0. The molecule has 0 radical (unpaired) electrons. The maximum Gasteiger partial charge on any atom is 0.226 e. The summed E-state index contributed by atoms with van der Waals surface area (Å²) in [5, 5.41) is 2.94. The molecule has 130 valence electrons. The van der Waals surface area contributed by atoms with Crippen LogP contribution in [0.5, 0.6) is 0 Å². The molecule has 4 heteroatoms. The van der Waals surface area contributed by atoms with Crippen LogP contribution in [0.1, 0.15) is 32.8 Å². The number of carbonyl (C=O) groups is 2. The first-order valence-electron chi connectivity index (χ1n) is 8.78. The lowest BCUT2D eigenvalue weighted by Crippen LogP contribution is -2.33. The minimum atomic E-state index is -0.0510. The SMILES string of the molecule is CC(=O)N1CCCc2cc(-c3cccc(NC(=O)C(C)C)c3)ccc21. The standard InChI is InChI=1S/C21H24N2O2/c1-14(2)21(25)22-19-8-4-6-16(13-19)17-9-10-20-18(12-17)7-5-11-23(20)15(3)24/h4,6,8-10,12-14H,5,7,11H2,1-3H3,(H,22,25). The molecule has 0 spiro atoms. The van der Waals surface area contributed by atoms with Gasteiger partial charge in [-0.2, -0.15) is 0 Å². The second-order valence-electron chi connectivity index (χ2n) is 6.84. The van der Waals surface area contributed by atoms with Gasteiger partial charge in [-0.3, -0.25) is 9.59 Å². The molecule has 4 nitrogen and oxygen atoms in total. The topological polar surface area (TPSA) is 49.4 Å². The van der Waals surface area contributed by atoms with Crippen LogP contribution in [0.15, 0.2) is 42.5 Å². The molecule has 25 heavy (non-hydrogen) atoms. The summed E-state index contributed by atoms with van der Waals surface area (Å²) < 4.78 is 0. The van der Waals surface area contributed by atoms with Crippen molar-refractivity contribution in [3.8, 4) is 11.1 Å². The summed E-state index contributed by atoms with van der Waals surface area (Å²) in [5.41, 5.74) is 5.19. The van der Waals surface area contributed by atoms with E-state index in [1.165, 1.54) is 5.56 Å². The molecule has 0 atom stereocenters. The van der Waals surface area contributed by atoms with Crippen molar-refractivity contribution in [2.75, 3.05) is 16.8 Å². The molecule has 0 saturated carbocycles. The lowest BCUT2D eigenvalue weighted by atomic mass is 9.96. The molecule has 0 unspecified atom stereocenters. The van der Waals surface area contributed by atoms with E-state index in [1.807, 2.05) is 55.1 Å². The van der Waals surface area contributed by atoms with Crippen LogP contribution in [0.25, 0.3) is 11.1 Å². The van der Waals surface area contributed by atoms with Gasteiger partial charge in [0.25, 0.3) is 0 Å². The van der Waals surface area contributed by atoms with Gasteiger partial charge in [-0.05, 0) is 53.8 Å². The Kier molecular flexibility index (Phi) is 4.88. The number of nitrogens with one attached hydrogen (secondary N) is 1. The lowest BCUT2D eigenvalue weighted by molar-refractivity contribution is -0.119. The van der Waals surface area contributed by atoms with Crippen LogP contribution in [-0.2, 0) is 16.0 Å². The average molecular weight is 336 g/mol. The van der Waals surface area contributed by atoms with E-state index in [0.717, 1.165) is 41.9 Å². The van der Waals surface area contributed by atoms with E-state index in [0.29, 0.717) is 0 Å². The molecule has 2 aromatic carbocycles. The highest BCUT2D eigenvalue weighted by Crippen LogP contribution is 2.32. The van der Waals surface area contributed by atoms with Crippen LogP contribution in [0.2, 0.25) is 0 Å². The van der Waals surface area contributed by atoms with Gasteiger partial charge in [0.05, 0.1) is 0 Å². The highest BCUT2D eigenvalue weighted by Gasteiger charge is 2.20. The molecule has 0 saturated heterocycles. The van der Waals surface area contributed by atoms with Crippen molar-refractivity contribution in [2.45, 2.75) is 33.6 Å². The van der Waals surface area contributed by atoms with E-state index in [1.54, 1.807) is 6.92 Å². The van der Waals surface area contributed by atoms with Crippen LogP contribution in [-0.4, -0.2) is 18.4 Å². The van der Waals surface area contributed by atoms with Gasteiger partial charge in [0, 0.05) is 30.8 Å². The van der Waals surface area contributed by atoms with Crippen molar-refractivity contribution in [1.29, 1.82) is 0 Å². The molecule has 0 bridgehead atoms. The van der Waals surface area contributed by atoms with Gasteiger partial charge in [-0.25, -0.2) is 0 Å². The molecule has 0 fully saturated rings. The third kappa shape index (κ3) is 3.73. The van der Waals surface area contributed by atoms with Crippen molar-refractivity contribution < 1.29 is 9.59 Å². The zero-order valence-electron chi connectivity index (χ0n) is 15.0. The normalized spacial score (nSPS) is 13.5. The second kappa shape index (κ2) is 7.09. The Bertz CT molecular complexity index is 811. The van der Waals surface area contributed by atoms with E-state index in [-0.39, 0.29) is 17.7 Å². The largest absolute Gasteiger partial charge is 0.326 e. The molecule has 1 aliphatic rings. The molecule has 3 rings (SSSR count). The van der Waals surface area contributed by atoms with E-state index >= 15 is 0 Å². The molecular formula is C21H24N2O2. The van der Waals surface area contributed by atoms with E-state index < -0.39 is 0 Å². The fourth-order valence-electron chi connectivity index (χ4n) is 3.17. The third-order valence-electron chi connectivity index (χ3n) is 4.57. The zero-order valence-corrected chi connectivity index (χ0v) is 15.0. The monoisotopic (exact) mass is 336 g/mol. The van der Waals surface area contributed by atoms with Gasteiger partial charge in [0.15, 0.2) is 0 Å². The molecule has 0 aromatic heterocycles. The van der Waals surface area contributed by atoms with E-state index in [2.05, 4.69) is 11.4 Å². The van der Waals surface area contributed by atoms with Crippen LogP contribution in [0, 0.1) is 5.92 Å². The number of carbonyl (C=O) groups excluding carboxylic acids is 2. The predicted molar refractivity (Wildman–Crippen MR) is 102 cm³/mol. The van der Waals surface area contributed by atoms with E-state index in [9.17, 15) is 9.59 Å². The average Bonchev–Trinajstić information content (AvgIpc) is 2.60. The van der Waals surface area contributed by atoms with Crippen LogP contribution >= 0.6 is 0 Å². The van der Waals surface area contributed by atoms with Crippen molar-refractivity contribution in [3.05, 3.63) is 48.0 Å². The van der Waals surface area contributed by atoms with Crippen molar-refractivity contribution in [2.24, 2.45) is 5.92 Å². The van der Waals surface area contributed by atoms with Crippen molar-refractivity contribution in [1.82, 2.24) is 0 Å². The van der Waals surface area contributed by atoms with Crippen LogP contribution < -0.4 is 10.2 Å². The number of amides is 2. The lowest BCUT2D eigenvalue weighted by Gasteiger charge is -2.29. The Labute approximate surface area is 148 Å². The molecule has 0 aliphatic carbocycles. The number of benzene rings is 2.